The molecule has 4 rings (SSSR count). The van der Waals surface area contributed by atoms with Gasteiger partial charge in [-0.25, -0.2) is 8.42 Å². The van der Waals surface area contributed by atoms with E-state index >= 15 is 0 Å². The van der Waals surface area contributed by atoms with Gasteiger partial charge in [0, 0.05) is 16.5 Å². The minimum absolute atomic E-state index is 0.236. The Hall–Kier alpha value is -2.63. The summed E-state index contributed by atoms with van der Waals surface area (Å²) in [5.74, 6) is -1.27. The zero-order valence-corrected chi connectivity index (χ0v) is 16.4. The van der Waals surface area contributed by atoms with Crippen molar-refractivity contribution in [1.82, 2.24) is 0 Å². The number of carbonyl (C=O) groups is 1. The molecule has 4 nitrogen and oxygen atoms in total. The van der Waals surface area contributed by atoms with Crippen LogP contribution in [0.4, 0.5) is 0 Å². The molecule has 0 fully saturated rings. The van der Waals surface area contributed by atoms with Gasteiger partial charge in [-0.1, -0.05) is 72.3 Å². The minimum atomic E-state index is -3.84. The second-order valence-corrected chi connectivity index (χ2v) is 9.26. The number of sulfone groups is 1. The molecule has 2 atom stereocenters. The predicted octanol–water partition coefficient (Wildman–Crippen LogP) is 4.37. The molecule has 1 heterocycles. The molecule has 1 aliphatic rings. The topological polar surface area (TPSA) is 60.4 Å². The lowest BCUT2D eigenvalue weighted by atomic mass is 9.86. The number of fused-ring (bicyclic) bond motifs is 1. The van der Waals surface area contributed by atoms with Gasteiger partial charge in [0.15, 0.2) is 15.1 Å². The number of hydrogen-bond donors (Lipinski definition) is 0. The van der Waals surface area contributed by atoms with Crippen molar-refractivity contribution in [1.29, 1.82) is 0 Å². The van der Waals surface area contributed by atoms with Crippen LogP contribution in [0.3, 0.4) is 0 Å². The number of hydrogen-bond acceptors (Lipinski definition) is 4. The molecular formula is C22H17ClO4S. The van der Waals surface area contributed by atoms with Gasteiger partial charge in [-0.2, -0.15) is 0 Å². The molecule has 0 saturated heterocycles. The van der Waals surface area contributed by atoms with Crippen LogP contribution in [0.15, 0.2) is 78.9 Å². The van der Waals surface area contributed by atoms with Crippen LogP contribution in [0, 0.1) is 0 Å². The van der Waals surface area contributed by atoms with E-state index in [2.05, 4.69) is 0 Å². The molecule has 3 aromatic rings. The van der Waals surface area contributed by atoms with Crippen LogP contribution in [0.1, 0.15) is 22.6 Å². The van der Waals surface area contributed by atoms with Crippen LogP contribution in [0.2, 0.25) is 5.02 Å². The molecule has 0 aliphatic carbocycles. The van der Waals surface area contributed by atoms with Gasteiger partial charge < -0.3 is 4.74 Å². The van der Waals surface area contributed by atoms with Crippen molar-refractivity contribution in [3.05, 3.63) is 101 Å². The standard InChI is InChI=1S/C22H17ClO4S/c23-17-12-10-16(11-13-17)20-18-8-4-5-9-19(18)27-22(24)21(20)28(25,26)14-15-6-2-1-3-7-15/h1-13,20-21H,14H2. The molecule has 0 bridgehead atoms. The van der Waals surface area contributed by atoms with Crippen LogP contribution in [-0.2, 0) is 20.4 Å². The number of ether oxygens (including phenoxy) is 1. The van der Waals surface area contributed by atoms with Crippen molar-refractivity contribution < 1.29 is 17.9 Å². The second kappa shape index (κ2) is 7.41. The van der Waals surface area contributed by atoms with E-state index in [9.17, 15) is 13.2 Å². The zero-order valence-electron chi connectivity index (χ0n) is 14.8. The highest BCUT2D eigenvalue weighted by Crippen LogP contribution is 2.42. The van der Waals surface area contributed by atoms with Crippen LogP contribution >= 0.6 is 11.6 Å². The van der Waals surface area contributed by atoms with Crippen LogP contribution < -0.4 is 4.74 Å². The maximum atomic E-state index is 13.3. The van der Waals surface area contributed by atoms with Crippen molar-refractivity contribution >= 4 is 27.4 Å². The van der Waals surface area contributed by atoms with Gasteiger partial charge >= 0.3 is 5.97 Å². The molecule has 2 unspecified atom stereocenters. The van der Waals surface area contributed by atoms with Crippen molar-refractivity contribution in [2.24, 2.45) is 0 Å². The highest BCUT2D eigenvalue weighted by Gasteiger charge is 2.46. The molecule has 1 aliphatic heterocycles. The maximum Gasteiger partial charge on any atom is 0.330 e. The zero-order chi connectivity index (χ0) is 19.7. The average molecular weight is 413 g/mol. The minimum Gasteiger partial charge on any atom is -0.425 e. The van der Waals surface area contributed by atoms with Crippen molar-refractivity contribution in [3.63, 3.8) is 0 Å². The first-order chi connectivity index (χ1) is 13.5. The fourth-order valence-corrected chi connectivity index (χ4v) is 5.59. The Morgan fingerprint density at radius 2 is 1.50 bits per heavy atom. The summed E-state index contributed by atoms with van der Waals surface area (Å²) in [6.45, 7) is 0. The first-order valence-electron chi connectivity index (χ1n) is 8.77. The van der Waals surface area contributed by atoms with E-state index in [1.54, 1.807) is 66.7 Å². The number of halogens is 1. The maximum absolute atomic E-state index is 13.3. The van der Waals surface area contributed by atoms with Gasteiger partial charge in [0.05, 0.1) is 5.75 Å². The van der Waals surface area contributed by atoms with Gasteiger partial charge in [-0.05, 0) is 29.3 Å². The van der Waals surface area contributed by atoms with E-state index < -0.39 is 27.0 Å². The largest absolute Gasteiger partial charge is 0.425 e. The number of para-hydroxylation sites is 1. The van der Waals surface area contributed by atoms with Crippen LogP contribution in [0.5, 0.6) is 5.75 Å². The Kier molecular flexibility index (Phi) is 4.96. The third-order valence-corrected chi connectivity index (χ3v) is 7.05. The first kappa shape index (κ1) is 18.7. The number of esters is 1. The fourth-order valence-electron chi connectivity index (χ4n) is 3.57. The third-order valence-electron chi connectivity index (χ3n) is 4.83. The molecule has 28 heavy (non-hydrogen) atoms. The summed E-state index contributed by atoms with van der Waals surface area (Å²) in [7, 11) is -3.84. The highest BCUT2D eigenvalue weighted by atomic mass is 35.5. The normalized spacial score (nSPS) is 19.0. The van der Waals surface area contributed by atoms with E-state index in [4.69, 9.17) is 16.3 Å². The fraction of sp³-hybridized carbons (Fsp3) is 0.136. The summed E-state index contributed by atoms with van der Waals surface area (Å²) in [6, 6.07) is 22.8. The molecule has 0 N–H and O–H groups in total. The quantitative estimate of drug-likeness (QED) is 0.471. The molecule has 6 heteroatoms. The van der Waals surface area contributed by atoms with Gasteiger partial charge in [-0.15, -0.1) is 0 Å². The van der Waals surface area contributed by atoms with E-state index in [0.29, 0.717) is 27.5 Å². The number of rotatable bonds is 4. The predicted molar refractivity (Wildman–Crippen MR) is 108 cm³/mol. The van der Waals surface area contributed by atoms with Crippen molar-refractivity contribution in [3.8, 4) is 5.75 Å². The Morgan fingerprint density at radius 1 is 0.857 bits per heavy atom. The smallest absolute Gasteiger partial charge is 0.330 e. The lowest BCUT2D eigenvalue weighted by molar-refractivity contribution is -0.135. The summed E-state index contributed by atoms with van der Waals surface area (Å²) >= 11 is 6.00. The van der Waals surface area contributed by atoms with E-state index in [1.807, 2.05) is 12.1 Å². The monoisotopic (exact) mass is 412 g/mol. The molecule has 0 radical (unpaired) electrons. The van der Waals surface area contributed by atoms with E-state index in [0.717, 1.165) is 0 Å². The third kappa shape index (κ3) is 3.55. The van der Waals surface area contributed by atoms with Crippen molar-refractivity contribution in [2.45, 2.75) is 16.9 Å². The lowest BCUT2D eigenvalue weighted by Gasteiger charge is -2.32. The Labute approximate surface area is 168 Å². The molecular weight excluding hydrogens is 396 g/mol. The Bertz CT molecular complexity index is 1110. The summed E-state index contributed by atoms with van der Waals surface area (Å²) < 4.78 is 32.0. The van der Waals surface area contributed by atoms with Gasteiger partial charge in [0.1, 0.15) is 5.75 Å². The molecule has 142 valence electrons. The second-order valence-electron chi connectivity index (χ2n) is 6.70. The van der Waals surface area contributed by atoms with E-state index in [1.165, 1.54) is 0 Å². The molecule has 0 spiro atoms. The van der Waals surface area contributed by atoms with Gasteiger partial charge in [0.25, 0.3) is 0 Å². The first-order valence-corrected chi connectivity index (χ1v) is 10.9. The SMILES string of the molecule is O=C1Oc2ccccc2C(c2ccc(Cl)cc2)C1S(=O)(=O)Cc1ccccc1. The average Bonchev–Trinajstić information content (AvgIpc) is 2.68. The summed E-state index contributed by atoms with van der Waals surface area (Å²) in [6.07, 6.45) is 0. The molecule has 0 saturated carbocycles. The number of benzene rings is 3. The lowest BCUT2D eigenvalue weighted by Crippen LogP contribution is -2.43. The Morgan fingerprint density at radius 3 is 2.21 bits per heavy atom. The van der Waals surface area contributed by atoms with Crippen molar-refractivity contribution in [2.75, 3.05) is 0 Å². The summed E-state index contributed by atoms with van der Waals surface area (Å²) in [4.78, 5) is 12.8. The van der Waals surface area contributed by atoms with Gasteiger partial charge in [-0.3, -0.25) is 4.79 Å². The van der Waals surface area contributed by atoms with Crippen LogP contribution in [0.25, 0.3) is 0 Å². The van der Waals surface area contributed by atoms with Crippen LogP contribution in [-0.4, -0.2) is 19.6 Å². The molecule has 0 amide bonds. The number of carbonyl (C=O) groups excluding carboxylic acids is 1. The summed E-state index contributed by atoms with van der Waals surface area (Å²) in [5, 5.41) is -0.789. The highest BCUT2D eigenvalue weighted by molar-refractivity contribution is 7.92. The summed E-state index contributed by atoms with van der Waals surface area (Å²) in [5.41, 5.74) is 2.00. The molecule has 0 aromatic heterocycles. The van der Waals surface area contributed by atoms with E-state index in [-0.39, 0.29) is 5.75 Å². The Balaban J connectivity index is 1.84. The van der Waals surface area contributed by atoms with Gasteiger partial charge in [0.2, 0.25) is 0 Å². The molecule has 3 aromatic carbocycles.